The molecule has 2 unspecified atom stereocenters. The van der Waals surface area contributed by atoms with Crippen LogP contribution in [0.15, 0.2) is 24.5 Å². The van der Waals surface area contributed by atoms with Crippen molar-refractivity contribution in [1.82, 2.24) is 10.3 Å². The van der Waals surface area contributed by atoms with E-state index in [9.17, 15) is 0 Å². The number of nitrogens with one attached hydrogen (secondary N) is 1. The van der Waals surface area contributed by atoms with Gasteiger partial charge in [0.15, 0.2) is 0 Å². The molecule has 2 aliphatic rings. The number of ether oxygens (including phenoxy) is 1. The van der Waals surface area contributed by atoms with Gasteiger partial charge in [-0.05, 0) is 49.8 Å². The van der Waals surface area contributed by atoms with Crippen LogP contribution >= 0.6 is 0 Å². The first kappa shape index (κ1) is 11.7. The number of hydrogen-bond donors (Lipinski definition) is 1. The van der Waals surface area contributed by atoms with Crippen molar-refractivity contribution in [3.05, 3.63) is 30.1 Å². The Morgan fingerprint density at radius 3 is 3.06 bits per heavy atom. The first-order valence-electron chi connectivity index (χ1n) is 6.77. The first-order chi connectivity index (χ1) is 8.70. The second-order valence-electron chi connectivity index (χ2n) is 5.57. The maximum Gasteiger partial charge on any atom is 0.138 e. The predicted molar refractivity (Wildman–Crippen MR) is 72.5 cm³/mol. The molecular weight excluding hydrogens is 224 g/mol. The molecule has 96 valence electrons. The number of rotatable bonds is 3. The molecule has 0 spiro atoms. The highest BCUT2D eigenvalue weighted by atomic mass is 16.5. The average molecular weight is 244 g/mol. The normalized spacial score (nSPS) is 26.3. The van der Waals surface area contributed by atoms with Gasteiger partial charge < -0.3 is 10.1 Å². The minimum Gasteiger partial charge on any atom is -0.489 e. The Bertz CT molecular complexity index is 467. The third-order valence-corrected chi connectivity index (χ3v) is 3.61. The number of fused-ring (bicyclic) bond motifs is 2. The van der Waals surface area contributed by atoms with Gasteiger partial charge in [-0.2, -0.15) is 0 Å². The van der Waals surface area contributed by atoms with Crippen LogP contribution in [-0.4, -0.2) is 23.7 Å². The number of nitrogens with zero attached hydrogens (tertiary/aromatic N) is 1. The van der Waals surface area contributed by atoms with E-state index in [0.717, 1.165) is 18.7 Å². The molecule has 0 saturated carbocycles. The van der Waals surface area contributed by atoms with Gasteiger partial charge in [0.25, 0.3) is 0 Å². The first-order valence-corrected chi connectivity index (χ1v) is 6.77. The Morgan fingerprint density at radius 1 is 1.39 bits per heavy atom. The molecule has 18 heavy (non-hydrogen) atoms. The number of aromatic nitrogens is 1. The van der Waals surface area contributed by atoms with E-state index < -0.39 is 0 Å². The van der Waals surface area contributed by atoms with Crippen LogP contribution in [0.4, 0.5) is 0 Å². The highest BCUT2D eigenvalue weighted by Gasteiger charge is 2.28. The van der Waals surface area contributed by atoms with E-state index in [4.69, 9.17) is 4.74 Å². The van der Waals surface area contributed by atoms with Crippen molar-refractivity contribution in [3.8, 4) is 5.75 Å². The average Bonchev–Trinajstić information content (AvgIpc) is 2.68. The van der Waals surface area contributed by atoms with E-state index in [0.29, 0.717) is 12.0 Å². The fourth-order valence-corrected chi connectivity index (χ4v) is 2.90. The Kier molecular flexibility index (Phi) is 3.08. The quantitative estimate of drug-likeness (QED) is 0.887. The monoisotopic (exact) mass is 244 g/mol. The standard InChI is InChI=1S/C15H20N2O/c1-10(2)18-15-6-13(8-16-9-15)12-3-11-4-14(5-12)17-7-11/h3,6,8-11,14,17H,4-5,7H2,1-2H3. The third-order valence-electron chi connectivity index (χ3n) is 3.61. The lowest BCUT2D eigenvalue weighted by Crippen LogP contribution is -2.21. The highest BCUT2D eigenvalue weighted by Crippen LogP contribution is 2.34. The third kappa shape index (κ3) is 2.41. The van der Waals surface area contributed by atoms with Crippen molar-refractivity contribution in [2.75, 3.05) is 6.54 Å². The molecule has 0 aromatic carbocycles. The molecule has 1 fully saturated rings. The summed E-state index contributed by atoms with van der Waals surface area (Å²) in [6, 6.07) is 2.77. The van der Waals surface area contributed by atoms with E-state index in [1.54, 1.807) is 6.20 Å². The molecule has 1 aromatic rings. The SMILES string of the molecule is CC(C)Oc1cncc(C2=CC3CNC(C2)C3)c1. The van der Waals surface area contributed by atoms with Gasteiger partial charge in [0.1, 0.15) is 5.75 Å². The van der Waals surface area contributed by atoms with Gasteiger partial charge in [0.2, 0.25) is 0 Å². The topological polar surface area (TPSA) is 34.1 Å². The van der Waals surface area contributed by atoms with E-state index in [1.807, 2.05) is 20.0 Å². The minimum atomic E-state index is 0.195. The molecule has 1 saturated heterocycles. The van der Waals surface area contributed by atoms with Gasteiger partial charge in [-0.1, -0.05) is 6.08 Å². The lowest BCUT2D eigenvalue weighted by atomic mass is 9.88. The Morgan fingerprint density at radius 2 is 2.28 bits per heavy atom. The Labute approximate surface area is 108 Å². The molecule has 2 bridgehead atoms. The van der Waals surface area contributed by atoms with Gasteiger partial charge >= 0.3 is 0 Å². The molecule has 0 radical (unpaired) electrons. The molecule has 3 rings (SSSR count). The van der Waals surface area contributed by atoms with Crippen molar-refractivity contribution in [2.24, 2.45) is 5.92 Å². The van der Waals surface area contributed by atoms with Crippen molar-refractivity contribution in [2.45, 2.75) is 38.8 Å². The summed E-state index contributed by atoms with van der Waals surface area (Å²) >= 11 is 0. The summed E-state index contributed by atoms with van der Waals surface area (Å²) in [6.07, 6.45) is 8.75. The highest BCUT2D eigenvalue weighted by molar-refractivity contribution is 5.67. The van der Waals surface area contributed by atoms with Crippen molar-refractivity contribution in [1.29, 1.82) is 0 Å². The van der Waals surface area contributed by atoms with Crippen LogP contribution in [0, 0.1) is 5.92 Å². The van der Waals surface area contributed by atoms with Gasteiger partial charge in [-0.15, -0.1) is 0 Å². The molecule has 1 aliphatic heterocycles. The lowest BCUT2D eigenvalue weighted by Gasteiger charge is -2.19. The van der Waals surface area contributed by atoms with Gasteiger partial charge in [0.05, 0.1) is 12.3 Å². The summed E-state index contributed by atoms with van der Waals surface area (Å²) in [7, 11) is 0. The van der Waals surface area contributed by atoms with E-state index in [-0.39, 0.29) is 6.10 Å². The zero-order valence-electron chi connectivity index (χ0n) is 11.0. The van der Waals surface area contributed by atoms with Crippen molar-refractivity contribution >= 4 is 5.57 Å². The van der Waals surface area contributed by atoms with E-state index >= 15 is 0 Å². The lowest BCUT2D eigenvalue weighted by molar-refractivity contribution is 0.241. The predicted octanol–water partition coefficient (Wildman–Crippen LogP) is 2.63. The summed E-state index contributed by atoms with van der Waals surface area (Å²) in [5, 5.41) is 3.56. The molecule has 3 nitrogen and oxygen atoms in total. The molecule has 1 N–H and O–H groups in total. The molecule has 2 heterocycles. The zero-order valence-corrected chi connectivity index (χ0v) is 11.0. The fraction of sp³-hybridized carbons (Fsp3) is 0.533. The Balaban J connectivity index is 1.84. The van der Waals surface area contributed by atoms with Crippen LogP contribution in [-0.2, 0) is 0 Å². The van der Waals surface area contributed by atoms with Gasteiger partial charge in [-0.3, -0.25) is 4.98 Å². The van der Waals surface area contributed by atoms with Crippen molar-refractivity contribution < 1.29 is 4.74 Å². The molecule has 0 amide bonds. The van der Waals surface area contributed by atoms with Crippen molar-refractivity contribution in [3.63, 3.8) is 0 Å². The largest absolute Gasteiger partial charge is 0.489 e. The van der Waals surface area contributed by atoms with Crippen LogP contribution in [0.25, 0.3) is 5.57 Å². The molecule has 1 aliphatic carbocycles. The smallest absolute Gasteiger partial charge is 0.138 e. The van der Waals surface area contributed by atoms with E-state index in [2.05, 4.69) is 22.4 Å². The minimum absolute atomic E-state index is 0.195. The zero-order chi connectivity index (χ0) is 12.5. The summed E-state index contributed by atoms with van der Waals surface area (Å²) < 4.78 is 5.71. The molecular formula is C15H20N2O. The maximum absolute atomic E-state index is 5.71. The maximum atomic E-state index is 5.71. The Hall–Kier alpha value is -1.35. The van der Waals surface area contributed by atoms with Crippen LogP contribution in [0.1, 0.15) is 32.3 Å². The summed E-state index contributed by atoms with van der Waals surface area (Å²) in [5.74, 6) is 1.57. The summed E-state index contributed by atoms with van der Waals surface area (Å²) in [5.41, 5.74) is 2.63. The second kappa shape index (κ2) is 4.73. The molecule has 2 atom stereocenters. The van der Waals surface area contributed by atoms with Crippen LogP contribution < -0.4 is 10.1 Å². The summed E-state index contributed by atoms with van der Waals surface area (Å²) in [6.45, 7) is 5.21. The summed E-state index contributed by atoms with van der Waals surface area (Å²) in [4.78, 5) is 4.30. The number of pyridine rings is 1. The second-order valence-corrected chi connectivity index (χ2v) is 5.57. The van der Waals surface area contributed by atoms with Crippen LogP contribution in [0.2, 0.25) is 0 Å². The fourth-order valence-electron chi connectivity index (χ4n) is 2.90. The molecule has 3 heteroatoms. The molecule has 1 aromatic heterocycles. The van der Waals surface area contributed by atoms with Gasteiger partial charge in [0, 0.05) is 18.8 Å². The van der Waals surface area contributed by atoms with Gasteiger partial charge in [-0.25, -0.2) is 0 Å². The van der Waals surface area contributed by atoms with Crippen LogP contribution in [0.5, 0.6) is 5.75 Å². The van der Waals surface area contributed by atoms with Crippen LogP contribution in [0.3, 0.4) is 0 Å². The van der Waals surface area contributed by atoms with E-state index in [1.165, 1.54) is 17.6 Å². The number of hydrogen-bond acceptors (Lipinski definition) is 3.